The Morgan fingerprint density at radius 1 is 1.36 bits per heavy atom. The number of aromatic nitrogens is 3. The van der Waals surface area contributed by atoms with E-state index in [1.165, 1.54) is 23.5 Å². The van der Waals surface area contributed by atoms with E-state index in [9.17, 15) is 9.18 Å². The van der Waals surface area contributed by atoms with Crippen molar-refractivity contribution in [3.63, 3.8) is 0 Å². The third-order valence-corrected chi connectivity index (χ3v) is 4.25. The number of carbonyl (C=O) groups excluding carboxylic acids is 1. The van der Waals surface area contributed by atoms with Crippen molar-refractivity contribution < 1.29 is 13.7 Å². The van der Waals surface area contributed by atoms with Crippen LogP contribution in [0, 0.1) is 5.82 Å². The molecule has 1 amide bonds. The van der Waals surface area contributed by atoms with Crippen LogP contribution in [0.3, 0.4) is 0 Å². The Hall–Kier alpha value is -2.61. The molecule has 0 saturated carbocycles. The molecule has 3 rings (SSSR count). The SMILES string of the molecule is CCc1noc(CCCC(=O)Nc2nc(-c3cccc(F)c3)cs2)n1. The Morgan fingerprint density at radius 2 is 2.24 bits per heavy atom. The molecule has 0 bridgehead atoms. The minimum atomic E-state index is -0.316. The molecule has 6 nitrogen and oxygen atoms in total. The van der Waals surface area contributed by atoms with Crippen molar-refractivity contribution in [2.45, 2.75) is 32.6 Å². The summed E-state index contributed by atoms with van der Waals surface area (Å²) in [4.78, 5) is 20.5. The number of hydrogen-bond donors (Lipinski definition) is 1. The molecule has 2 heterocycles. The van der Waals surface area contributed by atoms with Crippen molar-refractivity contribution in [2.24, 2.45) is 0 Å². The summed E-state index contributed by atoms with van der Waals surface area (Å²) in [6.45, 7) is 1.95. The van der Waals surface area contributed by atoms with Gasteiger partial charge in [-0.15, -0.1) is 11.3 Å². The van der Waals surface area contributed by atoms with E-state index < -0.39 is 0 Å². The Morgan fingerprint density at radius 3 is 3.00 bits per heavy atom. The predicted molar refractivity (Wildman–Crippen MR) is 92.8 cm³/mol. The molecule has 0 radical (unpaired) electrons. The summed E-state index contributed by atoms with van der Waals surface area (Å²) in [5, 5.41) is 8.86. The molecule has 0 aliphatic carbocycles. The van der Waals surface area contributed by atoms with Gasteiger partial charge in [0, 0.05) is 30.2 Å². The zero-order chi connectivity index (χ0) is 17.6. The molecule has 0 aliphatic heterocycles. The lowest BCUT2D eigenvalue weighted by Crippen LogP contribution is -2.11. The topological polar surface area (TPSA) is 80.9 Å². The summed E-state index contributed by atoms with van der Waals surface area (Å²) in [6, 6.07) is 6.20. The molecule has 0 fully saturated rings. The number of nitrogens with zero attached hydrogens (tertiary/aromatic N) is 3. The van der Waals surface area contributed by atoms with E-state index in [1.807, 2.05) is 6.92 Å². The fraction of sp³-hybridized carbons (Fsp3) is 0.294. The smallest absolute Gasteiger partial charge is 0.226 e. The maximum absolute atomic E-state index is 13.3. The monoisotopic (exact) mass is 360 g/mol. The van der Waals surface area contributed by atoms with Gasteiger partial charge in [-0.2, -0.15) is 4.98 Å². The minimum absolute atomic E-state index is 0.129. The standard InChI is InChI=1S/C17H17FN4O2S/c1-2-14-20-16(24-22-14)8-4-7-15(23)21-17-19-13(10-25-17)11-5-3-6-12(18)9-11/h3,5-6,9-10H,2,4,7-8H2,1H3,(H,19,21,23). The second-order valence-electron chi connectivity index (χ2n) is 5.41. The first kappa shape index (κ1) is 17.2. The van der Waals surface area contributed by atoms with Gasteiger partial charge >= 0.3 is 0 Å². The molecule has 0 aliphatic rings. The average molecular weight is 360 g/mol. The van der Waals surface area contributed by atoms with Crippen LogP contribution < -0.4 is 5.32 Å². The van der Waals surface area contributed by atoms with Gasteiger partial charge in [0.15, 0.2) is 11.0 Å². The molecule has 0 spiro atoms. The molecule has 0 unspecified atom stereocenters. The van der Waals surface area contributed by atoms with Crippen molar-refractivity contribution in [1.82, 2.24) is 15.1 Å². The number of rotatable bonds is 7. The normalized spacial score (nSPS) is 10.8. The van der Waals surface area contributed by atoms with Crippen molar-refractivity contribution in [1.29, 1.82) is 0 Å². The zero-order valence-electron chi connectivity index (χ0n) is 13.7. The third kappa shape index (κ3) is 4.69. The maximum atomic E-state index is 13.3. The van der Waals surface area contributed by atoms with E-state index in [2.05, 4.69) is 20.4 Å². The Labute approximate surface area is 148 Å². The summed E-state index contributed by atoms with van der Waals surface area (Å²) in [6.07, 6.45) is 2.23. The highest BCUT2D eigenvalue weighted by Crippen LogP contribution is 2.25. The lowest BCUT2D eigenvalue weighted by atomic mass is 10.2. The molecule has 1 N–H and O–H groups in total. The highest BCUT2D eigenvalue weighted by Gasteiger charge is 2.10. The van der Waals surface area contributed by atoms with E-state index in [0.717, 1.165) is 6.42 Å². The van der Waals surface area contributed by atoms with Gasteiger partial charge in [-0.1, -0.05) is 24.2 Å². The molecular formula is C17H17FN4O2S. The van der Waals surface area contributed by atoms with Gasteiger partial charge in [-0.3, -0.25) is 4.79 Å². The van der Waals surface area contributed by atoms with Crippen LogP contribution in [0.25, 0.3) is 11.3 Å². The van der Waals surface area contributed by atoms with Crippen LogP contribution in [0.1, 0.15) is 31.5 Å². The van der Waals surface area contributed by atoms with E-state index in [4.69, 9.17) is 4.52 Å². The molecule has 25 heavy (non-hydrogen) atoms. The number of halogens is 1. The number of anilines is 1. The zero-order valence-corrected chi connectivity index (χ0v) is 14.5. The van der Waals surface area contributed by atoms with Gasteiger partial charge in [-0.25, -0.2) is 9.37 Å². The van der Waals surface area contributed by atoms with E-state index in [1.54, 1.807) is 17.5 Å². The molecular weight excluding hydrogens is 343 g/mol. The first-order chi connectivity index (χ1) is 12.1. The summed E-state index contributed by atoms with van der Waals surface area (Å²) >= 11 is 1.31. The van der Waals surface area contributed by atoms with Crippen LogP contribution in [-0.4, -0.2) is 21.0 Å². The average Bonchev–Trinajstić information content (AvgIpc) is 3.24. The van der Waals surface area contributed by atoms with Gasteiger partial charge in [0.1, 0.15) is 5.82 Å². The quantitative estimate of drug-likeness (QED) is 0.692. The molecule has 0 atom stereocenters. The van der Waals surface area contributed by atoms with Crippen molar-refractivity contribution >= 4 is 22.4 Å². The first-order valence-electron chi connectivity index (χ1n) is 7.97. The van der Waals surface area contributed by atoms with E-state index >= 15 is 0 Å². The van der Waals surface area contributed by atoms with Crippen LogP contribution in [0.4, 0.5) is 9.52 Å². The number of carbonyl (C=O) groups is 1. The largest absolute Gasteiger partial charge is 0.339 e. The number of aryl methyl sites for hydroxylation is 2. The molecule has 0 saturated heterocycles. The van der Waals surface area contributed by atoms with Crippen molar-refractivity contribution in [3.8, 4) is 11.3 Å². The number of amides is 1. The summed E-state index contributed by atoms with van der Waals surface area (Å²) < 4.78 is 18.3. The molecule has 8 heteroatoms. The fourth-order valence-electron chi connectivity index (χ4n) is 2.23. The Bertz CT molecular complexity index is 862. The first-order valence-corrected chi connectivity index (χ1v) is 8.85. The van der Waals surface area contributed by atoms with Gasteiger partial charge in [0.05, 0.1) is 5.69 Å². The molecule has 3 aromatic rings. The highest BCUT2D eigenvalue weighted by atomic mass is 32.1. The summed E-state index contributed by atoms with van der Waals surface area (Å²) in [7, 11) is 0. The second kappa shape index (κ2) is 7.98. The van der Waals surface area contributed by atoms with Crippen LogP contribution in [-0.2, 0) is 17.6 Å². The van der Waals surface area contributed by atoms with Gasteiger partial charge in [-0.05, 0) is 18.6 Å². The van der Waals surface area contributed by atoms with Crippen LogP contribution in [0.5, 0.6) is 0 Å². The summed E-state index contributed by atoms with van der Waals surface area (Å²) in [5.74, 6) is 0.776. The van der Waals surface area contributed by atoms with Gasteiger partial charge in [0.2, 0.25) is 11.8 Å². The minimum Gasteiger partial charge on any atom is -0.339 e. The van der Waals surface area contributed by atoms with Crippen molar-refractivity contribution in [3.05, 3.63) is 47.2 Å². The van der Waals surface area contributed by atoms with Crippen LogP contribution in [0.15, 0.2) is 34.2 Å². The number of nitrogens with one attached hydrogen (secondary N) is 1. The second-order valence-corrected chi connectivity index (χ2v) is 6.27. The Kier molecular flexibility index (Phi) is 5.49. The van der Waals surface area contributed by atoms with Crippen LogP contribution in [0.2, 0.25) is 0 Å². The lowest BCUT2D eigenvalue weighted by molar-refractivity contribution is -0.116. The van der Waals surface area contributed by atoms with E-state index in [-0.39, 0.29) is 11.7 Å². The molecule has 1 aromatic carbocycles. The number of hydrogen-bond acceptors (Lipinski definition) is 6. The number of thiazole rings is 1. The fourth-order valence-corrected chi connectivity index (χ4v) is 2.96. The van der Waals surface area contributed by atoms with Gasteiger partial charge in [0.25, 0.3) is 0 Å². The number of benzene rings is 1. The molecule has 2 aromatic heterocycles. The van der Waals surface area contributed by atoms with Crippen molar-refractivity contribution in [2.75, 3.05) is 5.32 Å². The van der Waals surface area contributed by atoms with Crippen LogP contribution >= 0.6 is 11.3 Å². The summed E-state index contributed by atoms with van der Waals surface area (Å²) in [5.41, 5.74) is 1.32. The van der Waals surface area contributed by atoms with Gasteiger partial charge < -0.3 is 9.84 Å². The molecule has 130 valence electrons. The maximum Gasteiger partial charge on any atom is 0.226 e. The predicted octanol–water partition coefficient (Wildman–Crippen LogP) is 3.86. The Balaban J connectivity index is 1.50. The lowest BCUT2D eigenvalue weighted by Gasteiger charge is -2.00. The highest BCUT2D eigenvalue weighted by molar-refractivity contribution is 7.14. The third-order valence-electron chi connectivity index (χ3n) is 3.49. The van der Waals surface area contributed by atoms with E-state index in [0.29, 0.717) is 47.4 Å².